The third-order valence-electron chi connectivity index (χ3n) is 3.14. The summed E-state index contributed by atoms with van der Waals surface area (Å²) in [4.78, 5) is 11.9. The van der Waals surface area contributed by atoms with Crippen LogP contribution < -0.4 is 5.32 Å². The highest BCUT2D eigenvalue weighted by molar-refractivity contribution is 7.99. The zero-order chi connectivity index (χ0) is 12.3. The van der Waals surface area contributed by atoms with Gasteiger partial charge in [0.1, 0.15) is 12.1 Å². The van der Waals surface area contributed by atoms with E-state index in [1.807, 2.05) is 13.8 Å². The van der Waals surface area contributed by atoms with Gasteiger partial charge in [0.05, 0.1) is 12.2 Å². The van der Waals surface area contributed by atoms with Crippen molar-refractivity contribution in [2.24, 2.45) is 0 Å². The molecule has 0 aromatic rings. The number of carbonyl (C=O) groups excluding carboxylic acids is 1. The Labute approximate surface area is 107 Å². The van der Waals surface area contributed by atoms with E-state index in [1.165, 1.54) is 0 Å². The van der Waals surface area contributed by atoms with E-state index in [4.69, 9.17) is 9.47 Å². The lowest BCUT2D eigenvalue weighted by molar-refractivity contribution is -0.161. The van der Waals surface area contributed by atoms with Crippen molar-refractivity contribution in [3.8, 4) is 0 Å². The van der Waals surface area contributed by atoms with Gasteiger partial charge in [-0.15, -0.1) is 0 Å². The van der Waals surface area contributed by atoms with Crippen molar-refractivity contribution >= 4 is 17.7 Å². The molecule has 0 bridgehead atoms. The van der Waals surface area contributed by atoms with Gasteiger partial charge >= 0.3 is 5.97 Å². The zero-order valence-corrected chi connectivity index (χ0v) is 11.3. The number of carbonyl (C=O) groups is 1. The minimum absolute atomic E-state index is 0.0231. The maximum Gasteiger partial charge on any atom is 0.324 e. The van der Waals surface area contributed by atoms with Crippen molar-refractivity contribution in [1.82, 2.24) is 5.32 Å². The molecule has 0 saturated carbocycles. The predicted molar refractivity (Wildman–Crippen MR) is 68.2 cm³/mol. The molecular formula is C12H21NO3S. The van der Waals surface area contributed by atoms with E-state index in [0.29, 0.717) is 0 Å². The molecule has 5 heteroatoms. The summed E-state index contributed by atoms with van der Waals surface area (Å²) in [6.45, 7) is 4.96. The van der Waals surface area contributed by atoms with Crippen LogP contribution >= 0.6 is 11.8 Å². The summed E-state index contributed by atoms with van der Waals surface area (Å²) >= 11 is 1.81. The van der Waals surface area contributed by atoms with Gasteiger partial charge in [-0.2, -0.15) is 11.8 Å². The van der Waals surface area contributed by atoms with Crippen molar-refractivity contribution in [1.29, 1.82) is 0 Å². The standard InChI is InChI=1S/C12H21NO3S/c1-8-5-10(6-9(2)15-8)16-12(14)11-7-17-4-3-13-11/h8-11,13H,3-7H2,1-2H3. The molecule has 0 aliphatic carbocycles. The van der Waals surface area contributed by atoms with Crippen LogP contribution in [0.1, 0.15) is 26.7 Å². The van der Waals surface area contributed by atoms with Crippen LogP contribution in [0.5, 0.6) is 0 Å². The molecule has 17 heavy (non-hydrogen) atoms. The van der Waals surface area contributed by atoms with Crippen LogP contribution in [0.15, 0.2) is 0 Å². The highest BCUT2D eigenvalue weighted by Crippen LogP contribution is 2.22. The second-order valence-corrected chi connectivity index (χ2v) is 6.02. The first-order valence-electron chi connectivity index (χ1n) is 6.32. The summed E-state index contributed by atoms with van der Waals surface area (Å²) in [6.07, 6.45) is 2.02. The monoisotopic (exact) mass is 259 g/mol. The minimum Gasteiger partial charge on any atom is -0.461 e. The molecule has 1 N–H and O–H groups in total. The highest BCUT2D eigenvalue weighted by Gasteiger charge is 2.30. The van der Waals surface area contributed by atoms with Crippen LogP contribution in [0.4, 0.5) is 0 Å². The summed E-state index contributed by atoms with van der Waals surface area (Å²) in [5, 5.41) is 3.20. The fourth-order valence-electron chi connectivity index (χ4n) is 2.40. The molecule has 4 nitrogen and oxygen atoms in total. The number of ether oxygens (including phenoxy) is 2. The lowest BCUT2D eigenvalue weighted by Gasteiger charge is -2.33. The first-order chi connectivity index (χ1) is 8.15. The molecule has 0 amide bonds. The van der Waals surface area contributed by atoms with Gasteiger partial charge in [-0.3, -0.25) is 4.79 Å². The lowest BCUT2D eigenvalue weighted by atomic mass is 10.0. The number of hydrogen-bond acceptors (Lipinski definition) is 5. The van der Waals surface area contributed by atoms with Crippen LogP contribution in [-0.2, 0) is 14.3 Å². The first-order valence-corrected chi connectivity index (χ1v) is 7.47. The van der Waals surface area contributed by atoms with E-state index >= 15 is 0 Å². The second kappa shape index (κ2) is 6.07. The Kier molecular flexibility index (Phi) is 4.70. The Morgan fingerprint density at radius 3 is 2.65 bits per heavy atom. The SMILES string of the molecule is CC1CC(OC(=O)C2CSCCN2)CC(C)O1. The lowest BCUT2D eigenvalue weighted by Crippen LogP contribution is -2.46. The van der Waals surface area contributed by atoms with Gasteiger partial charge in [0.25, 0.3) is 0 Å². The fourth-order valence-corrected chi connectivity index (χ4v) is 3.32. The minimum atomic E-state index is -0.123. The van der Waals surface area contributed by atoms with Crippen LogP contribution in [0, 0.1) is 0 Å². The normalized spacial score (nSPS) is 38.7. The Morgan fingerprint density at radius 1 is 1.35 bits per heavy atom. The number of esters is 1. The van der Waals surface area contributed by atoms with Gasteiger partial charge in [-0.1, -0.05) is 0 Å². The summed E-state index contributed by atoms with van der Waals surface area (Å²) in [6, 6.07) is -0.123. The Hall–Kier alpha value is -0.260. The molecule has 3 atom stereocenters. The van der Waals surface area contributed by atoms with Crippen LogP contribution in [0.3, 0.4) is 0 Å². The fraction of sp³-hybridized carbons (Fsp3) is 0.917. The molecule has 2 fully saturated rings. The van der Waals surface area contributed by atoms with E-state index < -0.39 is 0 Å². The van der Waals surface area contributed by atoms with Crippen molar-refractivity contribution in [3.05, 3.63) is 0 Å². The summed E-state index contributed by atoms with van der Waals surface area (Å²) in [5.74, 6) is 1.81. The van der Waals surface area contributed by atoms with Crippen LogP contribution in [0.2, 0.25) is 0 Å². The largest absolute Gasteiger partial charge is 0.461 e. The van der Waals surface area contributed by atoms with E-state index in [-0.39, 0.29) is 30.3 Å². The number of thioether (sulfide) groups is 1. The molecule has 0 spiro atoms. The molecule has 2 heterocycles. The molecule has 2 rings (SSSR count). The Balaban J connectivity index is 1.80. The zero-order valence-electron chi connectivity index (χ0n) is 10.5. The average Bonchev–Trinajstić information content (AvgIpc) is 2.28. The van der Waals surface area contributed by atoms with Gasteiger partial charge in [0, 0.05) is 30.9 Å². The molecule has 0 radical (unpaired) electrons. The van der Waals surface area contributed by atoms with Crippen molar-refractivity contribution in [2.45, 2.75) is 51.0 Å². The second-order valence-electron chi connectivity index (χ2n) is 4.87. The van der Waals surface area contributed by atoms with Crippen molar-refractivity contribution in [3.63, 3.8) is 0 Å². The van der Waals surface area contributed by atoms with Gasteiger partial charge in [0.15, 0.2) is 0 Å². The van der Waals surface area contributed by atoms with Crippen molar-refractivity contribution in [2.75, 3.05) is 18.1 Å². The van der Waals surface area contributed by atoms with Crippen LogP contribution in [-0.4, -0.2) is 48.4 Å². The Morgan fingerprint density at radius 2 is 2.06 bits per heavy atom. The van der Waals surface area contributed by atoms with E-state index in [2.05, 4.69) is 5.32 Å². The van der Waals surface area contributed by atoms with E-state index in [1.54, 1.807) is 11.8 Å². The third kappa shape index (κ3) is 3.86. The Bertz CT molecular complexity index is 258. The predicted octanol–water partition coefficient (Wildman–Crippen LogP) is 1.19. The molecule has 98 valence electrons. The highest BCUT2D eigenvalue weighted by atomic mass is 32.2. The molecule has 0 aromatic carbocycles. The van der Waals surface area contributed by atoms with E-state index in [0.717, 1.165) is 30.9 Å². The average molecular weight is 259 g/mol. The summed E-state index contributed by atoms with van der Waals surface area (Å²) < 4.78 is 11.2. The topological polar surface area (TPSA) is 47.6 Å². The third-order valence-corrected chi connectivity index (χ3v) is 4.21. The first kappa shape index (κ1) is 13.2. The molecule has 2 aliphatic heterocycles. The number of nitrogens with one attached hydrogen (secondary N) is 1. The number of hydrogen-bond donors (Lipinski definition) is 1. The molecule has 2 saturated heterocycles. The maximum absolute atomic E-state index is 11.9. The summed E-state index contributed by atoms with van der Waals surface area (Å²) in [7, 11) is 0. The molecule has 0 aromatic heterocycles. The van der Waals surface area contributed by atoms with Crippen LogP contribution in [0.25, 0.3) is 0 Å². The van der Waals surface area contributed by atoms with Crippen molar-refractivity contribution < 1.29 is 14.3 Å². The van der Waals surface area contributed by atoms with Gasteiger partial charge in [-0.05, 0) is 13.8 Å². The number of rotatable bonds is 2. The molecular weight excluding hydrogens is 238 g/mol. The smallest absolute Gasteiger partial charge is 0.324 e. The quantitative estimate of drug-likeness (QED) is 0.755. The molecule has 2 aliphatic rings. The van der Waals surface area contributed by atoms with Gasteiger partial charge < -0.3 is 14.8 Å². The van der Waals surface area contributed by atoms with Gasteiger partial charge in [0.2, 0.25) is 0 Å². The summed E-state index contributed by atoms with van der Waals surface area (Å²) in [5.41, 5.74) is 0. The molecule has 3 unspecified atom stereocenters. The van der Waals surface area contributed by atoms with E-state index in [9.17, 15) is 4.79 Å². The van der Waals surface area contributed by atoms with Gasteiger partial charge in [-0.25, -0.2) is 0 Å². The maximum atomic E-state index is 11.9.